The molecule has 1 unspecified atom stereocenters. The number of anilines is 3. The molecule has 4 N–H and O–H groups in total. The summed E-state index contributed by atoms with van der Waals surface area (Å²) in [5.41, 5.74) is 2.91. The number of ether oxygens (including phenoxy) is 1. The maximum absolute atomic E-state index is 5.51. The van der Waals surface area contributed by atoms with Crippen LogP contribution in [0.25, 0.3) is 0 Å². The minimum absolute atomic E-state index is 0.163. The third-order valence-corrected chi connectivity index (χ3v) is 3.89. The van der Waals surface area contributed by atoms with Gasteiger partial charge >= 0.3 is 0 Å². The molecule has 1 aromatic heterocycles. The first-order valence-electron chi connectivity index (χ1n) is 8.43. The minimum atomic E-state index is 0.163. The van der Waals surface area contributed by atoms with Crippen molar-refractivity contribution in [2.75, 3.05) is 44.9 Å². The predicted molar refractivity (Wildman–Crippen MR) is 103 cm³/mol. The van der Waals surface area contributed by atoms with Crippen molar-refractivity contribution in [2.45, 2.75) is 19.9 Å². The number of nitrogens with one attached hydrogen (secondary N) is 4. The summed E-state index contributed by atoms with van der Waals surface area (Å²) >= 11 is 0. The molecule has 2 aromatic rings. The number of hydrogen-bond acceptors (Lipinski definition) is 7. The molecule has 2 rings (SSSR count). The molecule has 0 aliphatic carbocycles. The van der Waals surface area contributed by atoms with E-state index in [4.69, 9.17) is 4.74 Å². The zero-order valence-electron chi connectivity index (χ0n) is 15.6. The number of methoxy groups -OCH3 is 1. The van der Waals surface area contributed by atoms with Crippen LogP contribution in [0.2, 0.25) is 0 Å². The number of aryl methyl sites for hydroxylation is 1. The molecule has 0 aliphatic rings. The fourth-order valence-corrected chi connectivity index (χ4v) is 2.56. The van der Waals surface area contributed by atoms with Crippen molar-refractivity contribution in [3.63, 3.8) is 0 Å². The van der Waals surface area contributed by atoms with E-state index in [1.807, 2.05) is 39.2 Å². The highest BCUT2D eigenvalue weighted by molar-refractivity contribution is 5.59. The van der Waals surface area contributed by atoms with E-state index in [0.717, 1.165) is 41.6 Å². The van der Waals surface area contributed by atoms with Gasteiger partial charge in [-0.25, -0.2) is 4.98 Å². The lowest BCUT2D eigenvalue weighted by Crippen LogP contribution is -2.27. The summed E-state index contributed by atoms with van der Waals surface area (Å²) < 4.78 is 5.51. The molecule has 25 heavy (non-hydrogen) atoms. The molecular weight excluding hydrogens is 316 g/mol. The molecule has 0 saturated heterocycles. The van der Waals surface area contributed by atoms with Gasteiger partial charge in [-0.2, -0.15) is 4.98 Å². The molecule has 1 aromatic carbocycles. The Bertz CT molecular complexity index is 691. The van der Waals surface area contributed by atoms with Gasteiger partial charge in [-0.1, -0.05) is 0 Å². The monoisotopic (exact) mass is 344 g/mol. The van der Waals surface area contributed by atoms with Gasteiger partial charge in [0.2, 0.25) is 5.95 Å². The lowest BCUT2D eigenvalue weighted by molar-refractivity contribution is 0.402. The molecular formula is C18H28N6O. The van der Waals surface area contributed by atoms with Gasteiger partial charge in [0.25, 0.3) is 0 Å². The van der Waals surface area contributed by atoms with Crippen molar-refractivity contribution in [1.29, 1.82) is 0 Å². The molecule has 0 spiro atoms. The summed E-state index contributed by atoms with van der Waals surface area (Å²) in [5.74, 6) is 2.21. The highest BCUT2D eigenvalue weighted by atomic mass is 16.5. The molecule has 0 radical (unpaired) electrons. The Balaban J connectivity index is 2.21. The average Bonchev–Trinajstić information content (AvgIpc) is 2.61. The summed E-state index contributed by atoms with van der Waals surface area (Å²) in [5, 5.41) is 12.9. The molecule has 0 amide bonds. The minimum Gasteiger partial charge on any atom is -0.496 e. The SMILES string of the molecule is CNCCNC(C)c1cc(Nc2nc(C)cc(NC)n2)ccc1OC. The van der Waals surface area contributed by atoms with Gasteiger partial charge in [0, 0.05) is 49.2 Å². The lowest BCUT2D eigenvalue weighted by atomic mass is 10.1. The molecule has 0 fully saturated rings. The van der Waals surface area contributed by atoms with Gasteiger partial charge in [0.05, 0.1) is 7.11 Å². The average molecular weight is 344 g/mol. The molecule has 0 aliphatic heterocycles. The van der Waals surface area contributed by atoms with E-state index in [1.54, 1.807) is 7.11 Å². The molecule has 0 saturated carbocycles. The van der Waals surface area contributed by atoms with E-state index in [9.17, 15) is 0 Å². The van der Waals surface area contributed by atoms with Crippen molar-refractivity contribution < 1.29 is 4.74 Å². The van der Waals surface area contributed by atoms with Gasteiger partial charge in [-0.15, -0.1) is 0 Å². The van der Waals surface area contributed by atoms with Gasteiger partial charge in [-0.3, -0.25) is 0 Å². The number of aromatic nitrogens is 2. The Morgan fingerprint density at radius 3 is 2.60 bits per heavy atom. The number of likely N-dealkylation sites (N-methyl/N-ethyl adjacent to an activating group) is 1. The van der Waals surface area contributed by atoms with Crippen LogP contribution in [0, 0.1) is 6.92 Å². The van der Waals surface area contributed by atoms with E-state index in [1.165, 1.54) is 0 Å². The van der Waals surface area contributed by atoms with E-state index in [-0.39, 0.29) is 6.04 Å². The molecule has 136 valence electrons. The van der Waals surface area contributed by atoms with E-state index >= 15 is 0 Å². The van der Waals surface area contributed by atoms with Gasteiger partial charge in [0.1, 0.15) is 11.6 Å². The highest BCUT2D eigenvalue weighted by Gasteiger charge is 2.12. The summed E-state index contributed by atoms with van der Waals surface area (Å²) in [4.78, 5) is 8.87. The van der Waals surface area contributed by atoms with Gasteiger partial charge in [-0.05, 0) is 39.1 Å². The maximum Gasteiger partial charge on any atom is 0.229 e. The smallest absolute Gasteiger partial charge is 0.229 e. The standard InChI is InChI=1S/C18H28N6O/c1-12-10-17(20-4)24-18(22-12)23-14-6-7-16(25-5)15(11-14)13(2)21-9-8-19-3/h6-7,10-11,13,19,21H,8-9H2,1-5H3,(H2,20,22,23,24). The van der Waals surface area contributed by atoms with Crippen LogP contribution >= 0.6 is 0 Å². The molecule has 1 heterocycles. The largest absolute Gasteiger partial charge is 0.496 e. The molecule has 0 bridgehead atoms. The Labute approximate surface area is 149 Å². The van der Waals surface area contributed by atoms with Crippen LogP contribution in [0.3, 0.4) is 0 Å². The Hall–Kier alpha value is -2.38. The first-order valence-corrected chi connectivity index (χ1v) is 8.43. The van der Waals surface area contributed by atoms with Gasteiger partial charge in [0.15, 0.2) is 0 Å². The van der Waals surface area contributed by atoms with Crippen LogP contribution in [0.4, 0.5) is 17.5 Å². The van der Waals surface area contributed by atoms with E-state index < -0.39 is 0 Å². The number of nitrogens with zero attached hydrogens (tertiary/aromatic N) is 2. The van der Waals surface area contributed by atoms with Crippen molar-refractivity contribution in [1.82, 2.24) is 20.6 Å². The molecule has 7 nitrogen and oxygen atoms in total. The third kappa shape index (κ3) is 5.30. The first kappa shape index (κ1) is 19.0. The molecule has 7 heteroatoms. The van der Waals surface area contributed by atoms with Crippen molar-refractivity contribution in [3.8, 4) is 5.75 Å². The number of hydrogen-bond donors (Lipinski definition) is 4. The summed E-state index contributed by atoms with van der Waals surface area (Å²) in [7, 11) is 5.48. The van der Waals surface area contributed by atoms with Crippen molar-refractivity contribution >= 4 is 17.5 Å². The van der Waals surface area contributed by atoms with Crippen molar-refractivity contribution in [2.24, 2.45) is 0 Å². The lowest BCUT2D eigenvalue weighted by Gasteiger charge is -2.19. The normalized spacial score (nSPS) is 11.9. The summed E-state index contributed by atoms with van der Waals surface area (Å²) in [6, 6.07) is 8.06. The number of rotatable bonds is 9. The van der Waals surface area contributed by atoms with Crippen LogP contribution < -0.4 is 26.0 Å². The quantitative estimate of drug-likeness (QED) is 0.520. The van der Waals surface area contributed by atoms with Crippen LogP contribution in [0.1, 0.15) is 24.2 Å². The Morgan fingerprint density at radius 1 is 1.12 bits per heavy atom. The Kier molecular flexibility index (Phi) is 6.97. The zero-order valence-corrected chi connectivity index (χ0v) is 15.6. The van der Waals surface area contributed by atoms with Crippen LogP contribution in [0.15, 0.2) is 24.3 Å². The second-order valence-electron chi connectivity index (χ2n) is 5.83. The van der Waals surface area contributed by atoms with Crippen LogP contribution in [0.5, 0.6) is 5.75 Å². The fraction of sp³-hybridized carbons (Fsp3) is 0.444. The number of benzene rings is 1. The van der Waals surface area contributed by atoms with E-state index in [0.29, 0.717) is 5.95 Å². The topological polar surface area (TPSA) is 83.1 Å². The first-order chi connectivity index (χ1) is 12.1. The second-order valence-corrected chi connectivity index (χ2v) is 5.83. The molecule has 1 atom stereocenters. The zero-order chi connectivity index (χ0) is 18.2. The van der Waals surface area contributed by atoms with Gasteiger partial charge < -0.3 is 26.0 Å². The summed E-state index contributed by atoms with van der Waals surface area (Å²) in [6.45, 7) is 5.86. The van der Waals surface area contributed by atoms with Crippen LogP contribution in [-0.4, -0.2) is 44.3 Å². The maximum atomic E-state index is 5.51. The predicted octanol–water partition coefficient (Wildman–Crippen LogP) is 2.45. The van der Waals surface area contributed by atoms with Crippen molar-refractivity contribution in [3.05, 3.63) is 35.5 Å². The van der Waals surface area contributed by atoms with E-state index in [2.05, 4.69) is 44.2 Å². The Morgan fingerprint density at radius 2 is 1.92 bits per heavy atom. The highest BCUT2D eigenvalue weighted by Crippen LogP contribution is 2.29. The summed E-state index contributed by atoms with van der Waals surface area (Å²) in [6.07, 6.45) is 0. The third-order valence-electron chi connectivity index (χ3n) is 3.89. The fourth-order valence-electron chi connectivity index (χ4n) is 2.56. The van der Waals surface area contributed by atoms with Crippen LogP contribution in [-0.2, 0) is 0 Å². The second kappa shape index (κ2) is 9.19.